The number of halogens is 1. The fraction of sp³-hybridized carbons (Fsp3) is 0.667. The first-order chi connectivity index (χ1) is 9.72. The van der Waals surface area contributed by atoms with Crippen molar-refractivity contribution in [3.8, 4) is 0 Å². The number of pyridine rings is 1. The van der Waals surface area contributed by atoms with Crippen molar-refractivity contribution in [3.63, 3.8) is 0 Å². The molecule has 0 aliphatic carbocycles. The molecule has 0 bridgehead atoms. The third-order valence-corrected chi connectivity index (χ3v) is 4.87. The van der Waals surface area contributed by atoms with Crippen LogP contribution in [0.4, 0.5) is 5.82 Å². The van der Waals surface area contributed by atoms with Crippen molar-refractivity contribution < 1.29 is 5.11 Å². The number of piperidine rings is 2. The normalized spacial score (nSPS) is 25.9. The first-order valence-electron chi connectivity index (χ1n) is 7.52. The van der Waals surface area contributed by atoms with E-state index in [4.69, 9.17) is 0 Å². The first-order valence-corrected chi connectivity index (χ1v) is 8.31. The highest BCUT2D eigenvalue weighted by atomic mass is 79.9. The molecule has 0 radical (unpaired) electrons. The summed E-state index contributed by atoms with van der Waals surface area (Å²) in [6.45, 7) is 4.12. The van der Waals surface area contributed by atoms with Crippen LogP contribution in [-0.2, 0) is 0 Å². The van der Waals surface area contributed by atoms with Crippen molar-refractivity contribution in [2.24, 2.45) is 0 Å². The van der Waals surface area contributed by atoms with E-state index >= 15 is 0 Å². The molecule has 20 heavy (non-hydrogen) atoms. The Morgan fingerprint density at radius 1 is 1.15 bits per heavy atom. The quantitative estimate of drug-likeness (QED) is 0.839. The van der Waals surface area contributed by atoms with Crippen LogP contribution in [0.1, 0.15) is 25.7 Å². The van der Waals surface area contributed by atoms with Crippen LogP contribution in [0.5, 0.6) is 0 Å². The highest BCUT2D eigenvalue weighted by Gasteiger charge is 2.28. The van der Waals surface area contributed by atoms with Crippen LogP contribution >= 0.6 is 15.9 Å². The van der Waals surface area contributed by atoms with Crippen molar-refractivity contribution in [2.75, 3.05) is 31.1 Å². The van der Waals surface area contributed by atoms with Gasteiger partial charge in [-0.2, -0.15) is 0 Å². The standard InChI is InChI=1S/C15H22BrN3O/c16-14-4-1-5-15(17-14)18-9-6-12(7-10-18)19-8-2-3-13(20)11-19/h1,4-5,12-13,20H,2-3,6-11H2. The predicted molar refractivity (Wildman–Crippen MR) is 84.0 cm³/mol. The Morgan fingerprint density at radius 2 is 1.95 bits per heavy atom. The Bertz CT molecular complexity index is 448. The van der Waals surface area contributed by atoms with E-state index < -0.39 is 0 Å². The molecule has 1 unspecified atom stereocenters. The van der Waals surface area contributed by atoms with E-state index in [2.05, 4.69) is 36.8 Å². The maximum Gasteiger partial charge on any atom is 0.129 e. The largest absolute Gasteiger partial charge is 0.392 e. The SMILES string of the molecule is OC1CCCN(C2CCN(c3cccc(Br)n3)CC2)C1. The van der Waals surface area contributed by atoms with Gasteiger partial charge in [0.25, 0.3) is 0 Å². The Kier molecular flexibility index (Phi) is 4.58. The molecule has 3 rings (SSSR count). The molecule has 2 aliphatic heterocycles. The summed E-state index contributed by atoms with van der Waals surface area (Å²) in [4.78, 5) is 9.38. The summed E-state index contributed by atoms with van der Waals surface area (Å²) in [5, 5.41) is 9.80. The van der Waals surface area contributed by atoms with Gasteiger partial charge in [0, 0.05) is 25.7 Å². The lowest BCUT2D eigenvalue weighted by Gasteiger charge is -2.41. The minimum absolute atomic E-state index is 0.117. The second-order valence-electron chi connectivity index (χ2n) is 5.83. The smallest absolute Gasteiger partial charge is 0.129 e. The lowest BCUT2D eigenvalue weighted by Crippen LogP contribution is -2.49. The number of aliphatic hydroxyl groups is 1. The van der Waals surface area contributed by atoms with E-state index in [0.29, 0.717) is 6.04 Å². The van der Waals surface area contributed by atoms with Gasteiger partial charge in [-0.1, -0.05) is 6.07 Å². The molecule has 1 atom stereocenters. The van der Waals surface area contributed by atoms with Crippen LogP contribution in [0.15, 0.2) is 22.8 Å². The molecule has 1 aromatic heterocycles. The third-order valence-electron chi connectivity index (χ3n) is 4.43. The maximum absolute atomic E-state index is 9.80. The second-order valence-corrected chi connectivity index (χ2v) is 6.64. The summed E-state index contributed by atoms with van der Waals surface area (Å²) in [6.07, 6.45) is 4.32. The van der Waals surface area contributed by atoms with Crippen LogP contribution in [0.25, 0.3) is 0 Å². The van der Waals surface area contributed by atoms with Crippen molar-refractivity contribution >= 4 is 21.7 Å². The molecule has 5 heteroatoms. The van der Waals surface area contributed by atoms with Crippen LogP contribution in [0, 0.1) is 0 Å². The molecule has 1 aromatic rings. The number of hydrogen-bond donors (Lipinski definition) is 1. The van der Waals surface area contributed by atoms with Crippen LogP contribution in [-0.4, -0.2) is 53.3 Å². The Hall–Kier alpha value is -0.650. The monoisotopic (exact) mass is 339 g/mol. The molecule has 110 valence electrons. The average Bonchev–Trinajstić information content (AvgIpc) is 2.47. The highest BCUT2D eigenvalue weighted by molar-refractivity contribution is 9.10. The van der Waals surface area contributed by atoms with Gasteiger partial charge in [-0.25, -0.2) is 4.98 Å². The van der Waals surface area contributed by atoms with Crippen LogP contribution < -0.4 is 4.90 Å². The zero-order valence-corrected chi connectivity index (χ0v) is 13.3. The summed E-state index contributed by atoms with van der Waals surface area (Å²) < 4.78 is 0.899. The van der Waals surface area contributed by atoms with E-state index in [1.54, 1.807) is 0 Å². The van der Waals surface area contributed by atoms with E-state index in [1.807, 2.05) is 12.1 Å². The summed E-state index contributed by atoms with van der Waals surface area (Å²) >= 11 is 3.44. The van der Waals surface area contributed by atoms with Gasteiger partial charge in [0.15, 0.2) is 0 Å². The number of hydrogen-bond acceptors (Lipinski definition) is 4. The molecule has 0 amide bonds. The molecular weight excluding hydrogens is 318 g/mol. The summed E-state index contributed by atoms with van der Waals surface area (Å²) in [5.74, 6) is 1.07. The number of aromatic nitrogens is 1. The van der Waals surface area contributed by atoms with Crippen LogP contribution in [0.3, 0.4) is 0 Å². The number of nitrogens with zero attached hydrogens (tertiary/aromatic N) is 3. The molecule has 0 aromatic carbocycles. The molecule has 3 heterocycles. The van der Waals surface area contributed by atoms with Gasteiger partial charge in [0.2, 0.25) is 0 Å². The fourth-order valence-electron chi connectivity index (χ4n) is 3.35. The fourth-order valence-corrected chi connectivity index (χ4v) is 3.68. The van der Waals surface area contributed by atoms with Crippen LogP contribution in [0.2, 0.25) is 0 Å². The Balaban J connectivity index is 1.56. The lowest BCUT2D eigenvalue weighted by molar-refractivity contribution is 0.0398. The van der Waals surface area contributed by atoms with Gasteiger partial charge in [0.05, 0.1) is 6.10 Å². The number of β-amino-alcohol motifs (C(OH)–C–C–N with tert-alkyl or cyclic N) is 1. The predicted octanol–water partition coefficient (Wildman–Crippen LogP) is 2.27. The Labute approximate surface area is 128 Å². The number of anilines is 1. The molecule has 2 saturated heterocycles. The van der Waals surface area contributed by atoms with Gasteiger partial charge in [-0.05, 0) is 60.3 Å². The van der Waals surface area contributed by atoms with Gasteiger partial charge >= 0.3 is 0 Å². The summed E-state index contributed by atoms with van der Waals surface area (Å²) in [7, 11) is 0. The third kappa shape index (κ3) is 3.32. The first kappa shape index (κ1) is 14.3. The van der Waals surface area contributed by atoms with Crippen molar-refractivity contribution in [1.82, 2.24) is 9.88 Å². The van der Waals surface area contributed by atoms with E-state index in [0.717, 1.165) is 49.4 Å². The molecule has 2 fully saturated rings. The molecule has 2 aliphatic rings. The van der Waals surface area contributed by atoms with Crippen molar-refractivity contribution in [3.05, 3.63) is 22.8 Å². The van der Waals surface area contributed by atoms with E-state index in [9.17, 15) is 5.11 Å². The van der Waals surface area contributed by atoms with Gasteiger partial charge in [0.1, 0.15) is 10.4 Å². The molecule has 1 N–H and O–H groups in total. The van der Waals surface area contributed by atoms with E-state index in [1.165, 1.54) is 12.8 Å². The molecule has 0 spiro atoms. The summed E-state index contributed by atoms with van der Waals surface area (Å²) in [6, 6.07) is 6.72. The Morgan fingerprint density at radius 3 is 2.65 bits per heavy atom. The molecule has 4 nitrogen and oxygen atoms in total. The maximum atomic E-state index is 9.80. The van der Waals surface area contributed by atoms with Crippen molar-refractivity contribution in [1.29, 1.82) is 0 Å². The highest BCUT2D eigenvalue weighted by Crippen LogP contribution is 2.24. The second kappa shape index (κ2) is 6.41. The molecular formula is C15H22BrN3O. The number of aliphatic hydroxyl groups excluding tert-OH is 1. The van der Waals surface area contributed by atoms with Gasteiger partial charge in [-0.3, -0.25) is 4.90 Å². The average molecular weight is 340 g/mol. The zero-order chi connectivity index (χ0) is 13.9. The zero-order valence-electron chi connectivity index (χ0n) is 11.7. The minimum atomic E-state index is -0.117. The van der Waals surface area contributed by atoms with E-state index in [-0.39, 0.29) is 6.10 Å². The summed E-state index contributed by atoms with van der Waals surface area (Å²) in [5.41, 5.74) is 0. The number of likely N-dealkylation sites (tertiary alicyclic amines) is 1. The minimum Gasteiger partial charge on any atom is -0.392 e. The van der Waals surface area contributed by atoms with Gasteiger partial charge in [-0.15, -0.1) is 0 Å². The molecule has 0 saturated carbocycles. The van der Waals surface area contributed by atoms with Crippen molar-refractivity contribution in [2.45, 2.75) is 37.8 Å². The topological polar surface area (TPSA) is 39.6 Å². The lowest BCUT2D eigenvalue weighted by atomic mass is 9.99. The van der Waals surface area contributed by atoms with Gasteiger partial charge < -0.3 is 10.0 Å². The number of rotatable bonds is 2.